The summed E-state index contributed by atoms with van der Waals surface area (Å²) in [5, 5.41) is -0.565. The van der Waals surface area contributed by atoms with Gasteiger partial charge in [-0.25, -0.2) is 8.42 Å². The van der Waals surface area contributed by atoms with Crippen molar-refractivity contribution >= 4 is 27.0 Å². The van der Waals surface area contributed by atoms with E-state index in [0.29, 0.717) is 11.3 Å². The van der Waals surface area contributed by atoms with Crippen LogP contribution in [0.1, 0.15) is 6.42 Å². The number of nitrogens with two attached hydrogens (primary N) is 1. The van der Waals surface area contributed by atoms with Crippen LogP contribution >= 0.6 is 12.2 Å². The quantitative estimate of drug-likeness (QED) is 0.822. The van der Waals surface area contributed by atoms with E-state index in [-0.39, 0.29) is 11.6 Å². The summed E-state index contributed by atoms with van der Waals surface area (Å²) < 4.78 is 29.9. The lowest BCUT2D eigenvalue weighted by atomic mass is 10.1. The topological polar surface area (TPSA) is 69.4 Å². The van der Waals surface area contributed by atoms with E-state index in [0.717, 1.165) is 0 Å². The molecule has 1 saturated carbocycles. The van der Waals surface area contributed by atoms with E-state index in [1.54, 1.807) is 30.3 Å². The van der Waals surface area contributed by atoms with E-state index in [2.05, 4.69) is 0 Å². The third kappa shape index (κ3) is 2.04. The Kier molecular flexibility index (Phi) is 3.44. The van der Waals surface area contributed by atoms with E-state index in [9.17, 15) is 8.42 Å². The fourth-order valence-corrected chi connectivity index (χ4v) is 4.72. The number of hydrogen-bond donors (Lipinski definition) is 1. The summed E-state index contributed by atoms with van der Waals surface area (Å²) in [4.78, 5) is 0.526. The molecular weight excluding hydrogens is 270 g/mol. The van der Waals surface area contributed by atoms with Crippen molar-refractivity contribution in [1.82, 2.24) is 0 Å². The molecule has 1 fully saturated rings. The number of benzene rings is 1. The molecule has 0 radical (unpaired) electrons. The fourth-order valence-electron chi connectivity index (χ4n) is 2.19. The van der Waals surface area contributed by atoms with Crippen molar-refractivity contribution in [3.63, 3.8) is 0 Å². The zero-order valence-corrected chi connectivity index (χ0v) is 11.6. The van der Waals surface area contributed by atoms with Gasteiger partial charge in [0.25, 0.3) is 0 Å². The van der Waals surface area contributed by atoms with Crippen LogP contribution in [0.5, 0.6) is 0 Å². The predicted octanol–water partition coefficient (Wildman–Crippen LogP) is 1.15. The molecule has 0 aliphatic heterocycles. The molecule has 0 amide bonds. The highest BCUT2D eigenvalue weighted by Gasteiger charge is 2.63. The van der Waals surface area contributed by atoms with Crippen molar-refractivity contribution in [3.8, 4) is 0 Å². The van der Waals surface area contributed by atoms with Crippen molar-refractivity contribution in [2.24, 2.45) is 11.1 Å². The lowest BCUT2D eigenvalue weighted by molar-refractivity contribution is 0.169. The third-order valence-electron chi connectivity index (χ3n) is 3.34. The van der Waals surface area contributed by atoms with Gasteiger partial charge in [0.2, 0.25) is 0 Å². The molecule has 0 bridgehead atoms. The van der Waals surface area contributed by atoms with Crippen molar-refractivity contribution in [1.29, 1.82) is 0 Å². The van der Waals surface area contributed by atoms with Crippen LogP contribution in [0, 0.1) is 5.41 Å². The molecule has 1 aliphatic carbocycles. The molecule has 1 aromatic rings. The van der Waals surface area contributed by atoms with Gasteiger partial charge in [-0.3, -0.25) is 0 Å². The highest BCUT2D eigenvalue weighted by Crippen LogP contribution is 2.53. The molecular formula is C12H15NO3S2. The van der Waals surface area contributed by atoms with Crippen LogP contribution in [-0.2, 0) is 14.6 Å². The van der Waals surface area contributed by atoms with Gasteiger partial charge >= 0.3 is 0 Å². The number of hydrogen-bond acceptors (Lipinski definition) is 4. The standard InChI is InChI=1S/C12H15NO3S2/c1-16-8-12(11(13)17)7-10(12)18(14,15)9-5-3-2-4-6-9/h2-6,10H,7-8H2,1H3,(H2,13,17)/t10-,12-/m1/s1. The smallest absolute Gasteiger partial charge is 0.182 e. The van der Waals surface area contributed by atoms with Gasteiger partial charge in [-0.2, -0.15) is 0 Å². The predicted molar refractivity (Wildman–Crippen MR) is 73.1 cm³/mol. The Balaban J connectivity index is 2.33. The molecule has 98 valence electrons. The number of rotatable bonds is 5. The first-order valence-corrected chi connectivity index (χ1v) is 7.48. The summed E-state index contributed by atoms with van der Waals surface area (Å²) >= 11 is 4.99. The van der Waals surface area contributed by atoms with Gasteiger partial charge in [0.1, 0.15) is 0 Å². The molecule has 1 aromatic carbocycles. The summed E-state index contributed by atoms with van der Waals surface area (Å²) in [6.07, 6.45) is 0.438. The molecule has 0 unspecified atom stereocenters. The van der Waals surface area contributed by atoms with E-state index in [1.165, 1.54) is 7.11 Å². The molecule has 1 aliphatic rings. The summed E-state index contributed by atoms with van der Waals surface area (Å²) in [5.74, 6) is 0. The monoisotopic (exact) mass is 285 g/mol. The molecule has 4 nitrogen and oxygen atoms in total. The van der Waals surface area contributed by atoms with Crippen molar-refractivity contribution < 1.29 is 13.2 Å². The average Bonchev–Trinajstić information content (AvgIpc) is 3.07. The highest BCUT2D eigenvalue weighted by atomic mass is 32.2. The molecule has 2 N–H and O–H groups in total. The normalized spacial score (nSPS) is 26.8. The lowest BCUT2D eigenvalue weighted by Gasteiger charge is -2.14. The van der Waals surface area contributed by atoms with Gasteiger partial charge in [-0.15, -0.1) is 0 Å². The second kappa shape index (κ2) is 4.60. The minimum absolute atomic E-state index is 0.217. The summed E-state index contributed by atoms with van der Waals surface area (Å²) in [6, 6.07) is 8.36. The van der Waals surface area contributed by atoms with Crippen LogP contribution in [0.25, 0.3) is 0 Å². The summed E-state index contributed by atoms with van der Waals surface area (Å²) in [5.41, 5.74) is 4.98. The number of thiocarbonyl (C=S) groups is 1. The average molecular weight is 285 g/mol. The second-order valence-electron chi connectivity index (χ2n) is 4.50. The van der Waals surface area contributed by atoms with Crippen LogP contribution in [-0.4, -0.2) is 32.4 Å². The molecule has 18 heavy (non-hydrogen) atoms. The van der Waals surface area contributed by atoms with E-state index in [1.807, 2.05) is 0 Å². The van der Waals surface area contributed by atoms with Crippen LogP contribution in [0.2, 0.25) is 0 Å². The van der Waals surface area contributed by atoms with Crippen LogP contribution in [0.4, 0.5) is 0 Å². The van der Waals surface area contributed by atoms with Gasteiger partial charge < -0.3 is 10.5 Å². The van der Waals surface area contributed by atoms with Crippen LogP contribution in [0.3, 0.4) is 0 Å². The molecule has 0 heterocycles. The molecule has 2 rings (SSSR count). The number of sulfone groups is 1. The van der Waals surface area contributed by atoms with Crippen molar-refractivity contribution in [2.75, 3.05) is 13.7 Å². The van der Waals surface area contributed by atoms with E-state index >= 15 is 0 Å². The maximum atomic E-state index is 12.4. The van der Waals surface area contributed by atoms with Gasteiger partial charge in [-0.05, 0) is 18.6 Å². The Bertz CT molecular complexity index is 556. The highest BCUT2D eigenvalue weighted by molar-refractivity contribution is 7.92. The second-order valence-corrected chi connectivity index (χ2v) is 7.07. The minimum atomic E-state index is -3.39. The maximum absolute atomic E-state index is 12.4. The summed E-state index contributed by atoms with van der Waals surface area (Å²) in [6.45, 7) is 0.249. The molecule has 2 atom stereocenters. The lowest BCUT2D eigenvalue weighted by Crippen LogP contribution is -2.32. The van der Waals surface area contributed by atoms with Crippen molar-refractivity contribution in [2.45, 2.75) is 16.6 Å². The van der Waals surface area contributed by atoms with E-state index in [4.69, 9.17) is 22.7 Å². The first-order valence-electron chi connectivity index (χ1n) is 5.53. The molecule has 0 saturated heterocycles. The third-order valence-corrected chi connectivity index (χ3v) is 6.05. The fraction of sp³-hybridized carbons (Fsp3) is 0.417. The van der Waals surface area contributed by atoms with Gasteiger partial charge in [0.15, 0.2) is 9.84 Å². The number of methoxy groups -OCH3 is 1. The molecule has 0 spiro atoms. The Hall–Kier alpha value is -0.980. The Morgan fingerprint density at radius 3 is 2.61 bits per heavy atom. The van der Waals surface area contributed by atoms with Gasteiger partial charge in [0.05, 0.1) is 27.2 Å². The Morgan fingerprint density at radius 1 is 1.50 bits per heavy atom. The SMILES string of the molecule is COC[C@]1(C(N)=S)C[C@H]1S(=O)(=O)c1ccccc1. The minimum Gasteiger partial charge on any atom is -0.393 e. The first kappa shape index (κ1) is 13.5. The van der Waals surface area contributed by atoms with Crippen LogP contribution in [0.15, 0.2) is 35.2 Å². The summed E-state index contributed by atoms with van der Waals surface area (Å²) in [7, 11) is -1.87. The Labute approximate surface area is 112 Å². The zero-order chi connectivity index (χ0) is 13.4. The zero-order valence-electron chi connectivity index (χ0n) is 10.00. The first-order chi connectivity index (χ1) is 8.45. The molecule has 0 aromatic heterocycles. The van der Waals surface area contributed by atoms with Crippen molar-refractivity contribution in [3.05, 3.63) is 30.3 Å². The van der Waals surface area contributed by atoms with Gasteiger partial charge in [-0.1, -0.05) is 30.4 Å². The maximum Gasteiger partial charge on any atom is 0.182 e. The van der Waals surface area contributed by atoms with E-state index < -0.39 is 20.5 Å². The largest absolute Gasteiger partial charge is 0.393 e. The van der Waals surface area contributed by atoms with Crippen LogP contribution < -0.4 is 5.73 Å². The van der Waals surface area contributed by atoms with Gasteiger partial charge in [0, 0.05) is 7.11 Å². The Morgan fingerprint density at radius 2 is 2.11 bits per heavy atom. The number of ether oxygens (including phenoxy) is 1. The molecule has 6 heteroatoms.